The molecule has 0 aromatic heterocycles. The molecule has 2 heteroatoms. The number of hydrogen-bond acceptors (Lipinski definition) is 2. The Bertz CT molecular complexity index is 381. The summed E-state index contributed by atoms with van der Waals surface area (Å²) in [5.41, 5.74) is 1.59. The third kappa shape index (κ3) is 12.2. The van der Waals surface area contributed by atoms with Crippen LogP contribution in [0, 0.1) is 0 Å². The lowest BCUT2D eigenvalue weighted by Gasteiger charge is -2.31. The molecule has 0 saturated heterocycles. The Labute approximate surface area is 131 Å². The molecule has 0 spiro atoms. The number of hydrogen-bond donors (Lipinski definition) is 1. The third-order valence-electron chi connectivity index (χ3n) is 2.34. The fourth-order valence-corrected chi connectivity index (χ4v) is 2.05. The zero-order chi connectivity index (χ0) is 16.5. The number of rotatable bonds is 4. The predicted octanol–water partition coefficient (Wildman–Crippen LogP) is 5.29. The van der Waals surface area contributed by atoms with E-state index in [4.69, 9.17) is 4.74 Å². The molecule has 0 amide bonds. The Morgan fingerprint density at radius 2 is 1.48 bits per heavy atom. The van der Waals surface area contributed by atoms with Gasteiger partial charge in [-0.15, -0.1) is 0 Å². The fourth-order valence-electron chi connectivity index (χ4n) is 2.05. The van der Waals surface area contributed by atoms with Crippen LogP contribution in [-0.4, -0.2) is 17.7 Å². The summed E-state index contributed by atoms with van der Waals surface area (Å²) < 4.78 is 5.42. The van der Waals surface area contributed by atoms with Crippen LogP contribution in [0.2, 0.25) is 0 Å². The van der Waals surface area contributed by atoms with Gasteiger partial charge in [0.25, 0.3) is 0 Å². The van der Waals surface area contributed by atoms with Gasteiger partial charge >= 0.3 is 0 Å². The summed E-state index contributed by atoms with van der Waals surface area (Å²) >= 11 is 0. The zero-order valence-electron chi connectivity index (χ0n) is 14.9. The lowest BCUT2D eigenvalue weighted by Crippen LogP contribution is -2.48. The van der Waals surface area contributed by atoms with Gasteiger partial charge in [-0.25, -0.2) is 0 Å². The first-order valence-corrected chi connectivity index (χ1v) is 7.72. The molecule has 0 aliphatic heterocycles. The van der Waals surface area contributed by atoms with Crippen LogP contribution < -0.4 is 10.1 Å². The average Bonchev–Trinajstić information content (AvgIpc) is 2.33. The minimum absolute atomic E-state index is 0.234. The molecule has 120 valence electrons. The van der Waals surface area contributed by atoms with E-state index < -0.39 is 0 Å². The highest BCUT2D eigenvalue weighted by Gasteiger charge is 2.18. The molecule has 0 bridgehead atoms. The van der Waals surface area contributed by atoms with Gasteiger partial charge in [0.05, 0.1) is 6.61 Å². The van der Waals surface area contributed by atoms with Gasteiger partial charge in [0, 0.05) is 11.1 Å². The highest BCUT2D eigenvalue weighted by molar-refractivity contribution is 5.48. The molecular weight excluding hydrogens is 258 g/mol. The maximum Gasteiger partial charge on any atom is 0.119 e. The maximum atomic E-state index is 5.42. The summed E-state index contributed by atoms with van der Waals surface area (Å²) in [6.45, 7) is 19.6. The smallest absolute Gasteiger partial charge is 0.119 e. The largest absolute Gasteiger partial charge is 0.494 e. The standard InChI is InChI=1S/C11H14O.C8H19N/c1-3-9-12-11-7-5-10(4-2)6-8-11;1-7(2,3)9-8(4,5)6/h4-8H,2-3,9H2,1H3;9H,1-6H3. The molecule has 1 aromatic carbocycles. The summed E-state index contributed by atoms with van der Waals surface area (Å²) in [7, 11) is 0. The topological polar surface area (TPSA) is 21.3 Å². The Kier molecular flexibility index (Phi) is 8.34. The van der Waals surface area contributed by atoms with Crippen molar-refractivity contribution in [1.82, 2.24) is 5.32 Å². The third-order valence-corrected chi connectivity index (χ3v) is 2.34. The molecule has 0 aliphatic carbocycles. The summed E-state index contributed by atoms with van der Waals surface area (Å²) in [4.78, 5) is 0. The first-order chi connectivity index (χ1) is 9.57. The van der Waals surface area contributed by atoms with Crippen molar-refractivity contribution in [3.05, 3.63) is 36.4 Å². The van der Waals surface area contributed by atoms with Crippen LogP contribution in [0.3, 0.4) is 0 Å². The van der Waals surface area contributed by atoms with Crippen LogP contribution in [0.4, 0.5) is 0 Å². The second-order valence-electron chi connectivity index (χ2n) is 7.25. The molecule has 0 unspecified atom stereocenters. The van der Waals surface area contributed by atoms with E-state index in [0.29, 0.717) is 0 Å². The van der Waals surface area contributed by atoms with Gasteiger partial charge in [0.2, 0.25) is 0 Å². The minimum Gasteiger partial charge on any atom is -0.494 e. The molecule has 0 atom stereocenters. The predicted molar refractivity (Wildman–Crippen MR) is 95.0 cm³/mol. The highest BCUT2D eigenvalue weighted by Crippen LogP contribution is 2.12. The van der Waals surface area contributed by atoms with Crippen molar-refractivity contribution < 1.29 is 4.74 Å². The van der Waals surface area contributed by atoms with Crippen molar-refractivity contribution >= 4 is 6.08 Å². The van der Waals surface area contributed by atoms with Gasteiger partial charge < -0.3 is 10.1 Å². The highest BCUT2D eigenvalue weighted by atomic mass is 16.5. The Hall–Kier alpha value is -1.28. The van der Waals surface area contributed by atoms with E-state index >= 15 is 0 Å². The fraction of sp³-hybridized carbons (Fsp3) is 0.579. The number of nitrogens with one attached hydrogen (secondary N) is 1. The quantitative estimate of drug-likeness (QED) is 0.813. The van der Waals surface area contributed by atoms with Crippen molar-refractivity contribution in [3.63, 3.8) is 0 Å². The summed E-state index contributed by atoms with van der Waals surface area (Å²) in [5, 5.41) is 3.46. The summed E-state index contributed by atoms with van der Waals surface area (Å²) in [6.07, 6.45) is 2.87. The van der Waals surface area contributed by atoms with Crippen LogP contribution in [0.15, 0.2) is 30.8 Å². The minimum atomic E-state index is 0.234. The van der Waals surface area contributed by atoms with Gasteiger partial charge in [-0.1, -0.05) is 31.7 Å². The maximum absolute atomic E-state index is 5.42. The Morgan fingerprint density at radius 1 is 1.00 bits per heavy atom. The van der Waals surface area contributed by atoms with Crippen molar-refractivity contribution in [1.29, 1.82) is 0 Å². The van der Waals surface area contributed by atoms with Crippen molar-refractivity contribution in [2.45, 2.75) is 66.0 Å². The lowest BCUT2D eigenvalue weighted by molar-refractivity contribution is 0.303. The Balaban J connectivity index is 0.000000400. The van der Waals surface area contributed by atoms with Gasteiger partial charge in [-0.05, 0) is 65.7 Å². The summed E-state index contributed by atoms with van der Waals surface area (Å²) in [6, 6.07) is 7.93. The van der Waals surface area contributed by atoms with Gasteiger partial charge in [0.1, 0.15) is 5.75 Å². The van der Waals surface area contributed by atoms with Crippen LogP contribution >= 0.6 is 0 Å². The van der Waals surface area contributed by atoms with E-state index in [1.165, 1.54) is 0 Å². The normalized spacial score (nSPS) is 11.4. The molecular formula is C19H33NO. The first kappa shape index (κ1) is 19.7. The van der Waals surface area contributed by atoms with Crippen molar-refractivity contribution in [3.8, 4) is 5.75 Å². The van der Waals surface area contributed by atoms with Gasteiger partial charge in [-0.2, -0.15) is 0 Å². The van der Waals surface area contributed by atoms with E-state index in [0.717, 1.165) is 24.3 Å². The molecule has 0 radical (unpaired) electrons. The van der Waals surface area contributed by atoms with Gasteiger partial charge in [0.15, 0.2) is 0 Å². The average molecular weight is 291 g/mol. The van der Waals surface area contributed by atoms with Crippen molar-refractivity contribution in [2.75, 3.05) is 6.61 Å². The second kappa shape index (κ2) is 8.89. The monoisotopic (exact) mass is 291 g/mol. The van der Waals surface area contributed by atoms with E-state index in [1.807, 2.05) is 30.3 Å². The first-order valence-electron chi connectivity index (χ1n) is 7.72. The van der Waals surface area contributed by atoms with Crippen LogP contribution in [-0.2, 0) is 0 Å². The zero-order valence-corrected chi connectivity index (χ0v) is 14.9. The van der Waals surface area contributed by atoms with Crippen LogP contribution in [0.25, 0.3) is 6.08 Å². The molecule has 0 heterocycles. The SMILES string of the molecule is C=Cc1ccc(OCCC)cc1.CC(C)(C)NC(C)(C)C. The molecule has 1 N–H and O–H groups in total. The molecule has 1 aromatic rings. The van der Waals surface area contributed by atoms with Gasteiger partial charge in [-0.3, -0.25) is 0 Å². The molecule has 2 nitrogen and oxygen atoms in total. The summed E-state index contributed by atoms with van der Waals surface area (Å²) in [5.74, 6) is 0.933. The van der Waals surface area contributed by atoms with Crippen LogP contribution in [0.5, 0.6) is 5.75 Å². The van der Waals surface area contributed by atoms with E-state index in [-0.39, 0.29) is 11.1 Å². The molecule has 0 aliphatic rings. The molecule has 21 heavy (non-hydrogen) atoms. The number of benzene rings is 1. The molecule has 1 rings (SSSR count). The van der Waals surface area contributed by atoms with E-state index in [1.54, 1.807) is 0 Å². The van der Waals surface area contributed by atoms with E-state index in [2.05, 4.69) is 60.4 Å². The lowest BCUT2D eigenvalue weighted by atomic mass is 10.0. The van der Waals surface area contributed by atoms with Crippen LogP contribution in [0.1, 0.15) is 60.5 Å². The molecule has 0 fully saturated rings. The van der Waals surface area contributed by atoms with E-state index in [9.17, 15) is 0 Å². The Morgan fingerprint density at radius 3 is 1.76 bits per heavy atom. The number of ether oxygens (including phenoxy) is 1. The van der Waals surface area contributed by atoms with Crippen molar-refractivity contribution in [2.24, 2.45) is 0 Å². The molecule has 0 saturated carbocycles. The second-order valence-corrected chi connectivity index (χ2v) is 7.25.